The lowest BCUT2D eigenvalue weighted by molar-refractivity contribution is -0.142. The number of esters is 2. The average molecular weight is 332 g/mol. The Morgan fingerprint density at radius 2 is 1.95 bits per heavy atom. The van der Waals surface area contributed by atoms with Gasteiger partial charge in [0.1, 0.15) is 0 Å². The molecule has 1 aromatic rings. The van der Waals surface area contributed by atoms with Crippen molar-refractivity contribution in [1.82, 2.24) is 4.57 Å². The number of rotatable bonds is 7. The maximum atomic E-state index is 11.8. The molecule has 19 heavy (non-hydrogen) atoms. The molecule has 6 heteroatoms. The summed E-state index contributed by atoms with van der Waals surface area (Å²) in [6.07, 6.45) is 1.85. The van der Waals surface area contributed by atoms with Crippen LogP contribution >= 0.6 is 15.9 Å². The zero-order valence-electron chi connectivity index (χ0n) is 11.1. The minimum Gasteiger partial charge on any atom is -0.466 e. The molecule has 0 atom stereocenters. The first-order valence-electron chi connectivity index (χ1n) is 6.20. The van der Waals surface area contributed by atoms with Crippen LogP contribution in [-0.2, 0) is 27.2 Å². The van der Waals surface area contributed by atoms with Gasteiger partial charge in [-0.25, -0.2) is 4.79 Å². The molecule has 0 aliphatic rings. The van der Waals surface area contributed by atoms with E-state index in [2.05, 4.69) is 15.9 Å². The Kier molecular flexibility index (Phi) is 6.62. The highest BCUT2D eigenvalue weighted by atomic mass is 79.9. The number of ether oxygens (including phenoxy) is 2. The van der Waals surface area contributed by atoms with E-state index in [9.17, 15) is 9.59 Å². The van der Waals surface area contributed by atoms with Crippen LogP contribution in [-0.4, -0.2) is 35.0 Å². The lowest BCUT2D eigenvalue weighted by atomic mass is 10.2. The molecule has 0 spiro atoms. The Morgan fingerprint density at radius 3 is 2.53 bits per heavy atom. The summed E-state index contributed by atoms with van der Waals surface area (Å²) in [5.74, 6) is -0.752. The van der Waals surface area contributed by atoms with Crippen molar-refractivity contribution < 1.29 is 19.1 Å². The van der Waals surface area contributed by atoms with Gasteiger partial charge in [0.15, 0.2) is 0 Å². The maximum absolute atomic E-state index is 11.8. The normalized spacial score (nSPS) is 10.3. The van der Waals surface area contributed by atoms with Gasteiger partial charge in [0.2, 0.25) is 0 Å². The van der Waals surface area contributed by atoms with E-state index in [1.54, 1.807) is 26.1 Å². The number of hydrogen-bond acceptors (Lipinski definition) is 4. The zero-order chi connectivity index (χ0) is 14.3. The molecule has 0 aliphatic carbocycles. The second-order valence-corrected chi connectivity index (χ2v) is 4.55. The van der Waals surface area contributed by atoms with Gasteiger partial charge >= 0.3 is 11.9 Å². The fraction of sp³-hybridized carbons (Fsp3) is 0.538. The molecular formula is C13H18BrNO4. The van der Waals surface area contributed by atoms with Crippen LogP contribution in [0.1, 0.15) is 29.9 Å². The monoisotopic (exact) mass is 331 g/mol. The van der Waals surface area contributed by atoms with Crippen LogP contribution in [0.4, 0.5) is 0 Å². The molecule has 0 saturated heterocycles. The van der Waals surface area contributed by atoms with Crippen molar-refractivity contribution in [3.05, 3.63) is 23.5 Å². The molecule has 0 bridgehead atoms. The molecule has 0 radical (unpaired) electrons. The van der Waals surface area contributed by atoms with Crippen LogP contribution < -0.4 is 0 Å². The quantitative estimate of drug-likeness (QED) is 0.567. The van der Waals surface area contributed by atoms with Crippen molar-refractivity contribution in [2.24, 2.45) is 0 Å². The van der Waals surface area contributed by atoms with Gasteiger partial charge in [0.05, 0.1) is 25.2 Å². The third-order valence-corrected chi connectivity index (χ3v) is 2.87. The molecule has 0 amide bonds. The Balaban J connectivity index is 2.97. The van der Waals surface area contributed by atoms with Gasteiger partial charge in [-0.3, -0.25) is 4.79 Å². The van der Waals surface area contributed by atoms with Gasteiger partial charge in [0, 0.05) is 23.8 Å². The van der Waals surface area contributed by atoms with E-state index in [-0.39, 0.29) is 12.4 Å². The van der Waals surface area contributed by atoms with E-state index >= 15 is 0 Å². The van der Waals surface area contributed by atoms with Gasteiger partial charge in [-0.05, 0) is 19.9 Å². The van der Waals surface area contributed by atoms with Crippen molar-refractivity contribution in [2.75, 3.05) is 18.5 Å². The van der Waals surface area contributed by atoms with Gasteiger partial charge in [-0.15, -0.1) is 0 Å². The van der Waals surface area contributed by atoms with Crippen LogP contribution in [0, 0.1) is 0 Å². The largest absolute Gasteiger partial charge is 0.466 e. The van der Waals surface area contributed by atoms with Crippen molar-refractivity contribution in [2.45, 2.75) is 26.8 Å². The predicted molar refractivity (Wildman–Crippen MR) is 74.5 cm³/mol. The average Bonchev–Trinajstić information content (AvgIpc) is 2.74. The van der Waals surface area contributed by atoms with Crippen molar-refractivity contribution in [3.63, 3.8) is 0 Å². The lowest BCUT2D eigenvalue weighted by Gasteiger charge is -2.09. The summed E-state index contributed by atoms with van der Waals surface area (Å²) in [5.41, 5.74) is 1.06. The Morgan fingerprint density at radius 1 is 1.26 bits per heavy atom. The number of hydrogen-bond donors (Lipinski definition) is 0. The maximum Gasteiger partial charge on any atom is 0.339 e. The van der Waals surface area contributed by atoms with Crippen molar-refractivity contribution in [3.8, 4) is 0 Å². The molecule has 1 heterocycles. The third kappa shape index (κ3) is 4.38. The molecule has 5 nitrogen and oxygen atoms in total. The highest BCUT2D eigenvalue weighted by Crippen LogP contribution is 2.15. The molecule has 106 valence electrons. The number of halogens is 1. The van der Waals surface area contributed by atoms with Crippen LogP contribution in [0.25, 0.3) is 0 Å². The lowest BCUT2D eigenvalue weighted by Crippen LogP contribution is -2.16. The van der Waals surface area contributed by atoms with E-state index in [1.807, 2.05) is 4.57 Å². The van der Waals surface area contributed by atoms with Gasteiger partial charge < -0.3 is 14.0 Å². The number of alkyl halides is 1. The molecule has 1 rings (SSSR count). The number of carbonyl (C=O) groups is 2. The summed E-state index contributed by atoms with van der Waals surface area (Å²) in [6, 6.07) is 1.68. The van der Waals surface area contributed by atoms with Crippen LogP contribution in [0.5, 0.6) is 0 Å². The summed E-state index contributed by atoms with van der Waals surface area (Å²) in [6.45, 7) is 4.81. The molecule has 0 aromatic carbocycles. The molecule has 0 fully saturated rings. The SMILES string of the molecule is CCOC(=O)Cc1c(C(=O)OCC)ccn1CCBr. The molecule has 1 aromatic heterocycles. The Labute approximate surface area is 121 Å². The summed E-state index contributed by atoms with van der Waals surface area (Å²) in [5, 5.41) is 0.736. The first kappa shape index (κ1) is 15.8. The molecular weight excluding hydrogens is 314 g/mol. The highest BCUT2D eigenvalue weighted by molar-refractivity contribution is 9.09. The van der Waals surface area contributed by atoms with Crippen molar-refractivity contribution in [1.29, 1.82) is 0 Å². The van der Waals surface area contributed by atoms with E-state index in [0.29, 0.717) is 31.0 Å². The molecule has 0 N–H and O–H groups in total. The number of aryl methyl sites for hydroxylation is 1. The van der Waals surface area contributed by atoms with Gasteiger partial charge in [-0.1, -0.05) is 15.9 Å². The smallest absolute Gasteiger partial charge is 0.339 e. The van der Waals surface area contributed by atoms with Crippen LogP contribution in [0.2, 0.25) is 0 Å². The highest BCUT2D eigenvalue weighted by Gasteiger charge is 2.19. The molecule has 0 saturated carbocycles. The zero-order valence-corrected chi connectivity index (χ0v) is 12.7. The number of nitrogens with zero attached hydrogens (tertiary/aromatic N) is 1. The molecule has 0 unspecified atom stereocenters. The fourth-order valence-corrected chi connectivity index (χ4v) is 2.13. The van der Waals surface area contributed by atoms with Crippen LogP contribution in [0.3, 0.4) is 0 Å². The standard InChI is InChI=1S/C13H18BrNO4/c1-3-18-12(16)9-11-10(13(17)19-4-2)5-7-15(11)8-6-14/h5,7H,3-4,6,8-9H2,1-2H3. The summed E-state index contributed by atoms with van der Waals surface area (Å²) < 4.78 is 11.8. The second-order valence-electron chi connectivity index (χ2n) is 3.76. The first-order valence-corrected chi connectivity index (χ1v) is 7.32. The fourth-order valence-electron chi connectivity index (χ4n) is 1.75. The number of carbonyl (C=O) groups excluding carboxylic acids is 2. The number of aromatic nitrogens is 1. The topological polar surface area (TPSA) is 57.5 Å². The van der Waals surface area contributed by atoms with E-state index < -0.39 is 5.97 Å². The first-order chi connectivity index (χ1) is 9.13. The van der Waals surface area contributed by atoms with E-state index in [1.165, 1.54) is 0 Å². The summed E-state index contributed by atoms with van der Waals surface area (Å²) >= 11 is 3.34. The predicted octanol–water partition coefficient (Wildman–Crippen LogP) is 2.17. The van der Waals surface area contributed by atoms with E-state index in [4.69, 9.17) is 9.47 Å². The van der Waals surface area contributed by atoms with Gasteiger partial charge in [-0.2, -0.15) is 0 Å². The third-order valence-electron chi connectivity index (χ3n) is 2.52. The van der Waals surface area contributed by atoms with Crippen molar-refractivity contribution >= 4 is 27.9 Å². The second kappa shape index (κ2) is 7.99. The Hall–Kier alpha value is -1.30. The van der Waals surface area contributed by atoms with E-state index in [0.717, 1.165) is 5.33 Å². The Bertz CT molecular complexity index is 442. The van der Waals surface area contributed by atoms with Gasteiger partial charge in [0.25, 0.3) is 0 Å². The summed E-state index contributed by atoms with van der Waals surface area (Å²) in [7, 11) is 0. The molecule has 0 aliphatic heterocycles. The minimum absolute atomic E-state index is 0.0714. The minimum atomic E-state index is -0.407. The summed E-state index contributed by atoms with van der Waals surface area (Å²) in [4.78, 5) is 23.4. The van der Waals surface area contributed by atoms with Crippen LogP contribution in [0.15, 0.2) is 12.3 Å².